The first-order valence-corrected chi connectivity index (χ1v) is 7.43. The average Bonchev–Trinajstić information content (AvgIpc) is 2.22. The highest BCUT2D eigenvalue weighted by Gasteiger charge is 2.32. The third-order valence-corrected chi connectivity index (χ3v) is 5.33. The molecule has 0 aromatic carbocycles. The molecule has 0 bridgehead atoms. The maximum absolute atomic E-state index is 10.8. The van der Waals surface area contributed by atoms with E-state index in [-0.39, 0.29) is 0 Å². The van der Waals surface area contributed by atoms with E-state index < -0.39 is 38.7 Å². The summed E-state index contributed by atoms with van der Waals surface area (Å²) in [6, 6.07) is 0. The Labute approximate surface area is 98.9 Å². The predicted octanol–water partition coefficient (Wildman–Crippen LogP) is 1.55. The maximum atomic E-state index is 10.8. The molecule has 6 nitrogen and oxygen atoms in total. The minimum Gasteiger partial charge on any atom is -0.282 e. The van der Waals surface area contributed by atoms with Gasteiger partial charge in [-0.1, -0.05) is 23.2 Å². The van der Waals surface area contributed by atoms with Crippen molar-refractivity contribution in [1.82, 2.24) is 0 Å². The molecule has 1 aromatic rings. The Morgan fingerprint density at radius 3 is 1.33 bits per heavy atom. The van der Waals surface area contributed by atoms with Crippen molar-refractivity contribution in [2.45, 2.75) is 9.79 Å². The van der Waals surface area contributed by atoms with E-state index in [0.29, 0.717) is 11.3 Å². The Kier molecular flexibility index (Phi) is 3.37. The van der Waals surface area contributed by atoms with Crippen LogP contribution < -0.4 is 0 Å². The second-order valence-corrected chi connectivity index (χ2v) is 7.20. The Balaban J connectivity index is 3.83. The van der Waals surface area contributed by atoms with Crippen LogP contribution in [0.1, 0.15) is 0 Å². The van der Waals surface area contributed by atoms with Gasteiger partial charge in [-0.3, -0.25) is 9.11 Å². The lowest BCUT2D eigenvalue weighted by Gasteiger charge is -1.98. The van der Waals surface area contributed by atoms with Crippen LogP contribution in [-0.2, 0) is 20.2 Å². The third kappa shape index (κ3) is 2.61. The van der Waals surface area contributed by atoms with Crippen molar-refractivity contribution in [2.24, 2.45) is 0 Å². The van der Waals surface area contributed by atoms with Crippen LogP contribution in [-0.4, -0.2) is 25.9 Å². The molecule has 11 heteroatoms. The SMILES string of the molecule is O=S(=O)(O)c1c(Cl)sc(Cl)c1S(=O)(=O)O. The van der Waals surface area contributed by atoms with Crippen LogP contribution in [0.2, 0.25) is 8.67 Å². The van der Waals surface area contributed by atoms with Gasteiger partial charge in [-0.15, -0.1) is 11.3 Å². The van der Waals surface area contributed by atoms with Crippen LogP contribution in [0.25, 0.3) is 0 Å². The maximum Gasteiger partial charge on any atom is 0.298 e. The smallest absolute Gasteiger partial charge is 0.282 e. The first-order chi connectivity index (χ1) is 6.55. The molecule has 0 aliphatic heterocycles. The van der Waals surface area contributed by atoms with Crippen LogP contribution in [0, 0.1) is 0 Å². The van der Waals surface area contributed by atoms with Crippen molar-refractivity contribution >= 4 is 54.8 Å². The third-order valence-electron chi connectivity index (χ3n) is 1.26. The van der Waals surface area contributed by atoms with E-state index in [1.165, 1.54) is 0 Å². The molecule has 2 N–H and O–H groups in total. The molecular formula is C4H2Cl2O6S3. The van der Waals surface area contributed by atoms with Gasteiger partial charge < -0.3 is 0 Å². The first-order valence-electron chi connectivity index (χ1n) is 2.98. The van der Waals surface area contributed by atoms with Crippen molar-refractivity contribution in [2.75, 3.05) is 0 Å². The van der Waals surface area contributed by atoms with E-state index in [2.05, 4.69) is 0 Å². The lowest BCUT2D eigenvalue weighted by molar-refractivity contribution is 0.467. The summed E-state index contributed by atoms with van der Waals surface area (Å²) in [5, 5.41) is 0. The van der Waals surface area contributed by atoms with Crippen molar-refractivity contribution < 1.29 is 25.9 Å². The lowest BCUT2D eigenvalue weighted by Crippen LogP contribution is -2.06. The second-order valence-electron chi connectivity index (χ2n) is 2.26. The molecule has 0 saturated carbocycles. The van der Waals surface area contributed by atoms with Crippen molar-refractivity contribution in [3.63, 3.8) is 0 Å². The molecule has 0 atom stereocenters. The standard InChI is InChI=1S/C4H2Cl2O6S3/c5-3-1(14(7,8)9)2(4(6)13-3)15(10,11)12/h(H,7,8,9)(H,10,11,12). The van der Waals surface area contributed by atoms with Crippen molar-refractivity contribution in [3.8, 4) is 0 Å². The van der Waals surface area contributed by atoms with E-state index in [9.17, 15) is 16.8 Å². The topological polar surface area (TPSA) is 109 Å². The average molecular weight is 313 g/mol. The molecule has 0 aliphatic carbocycles. The molecule has 0 unspecified atom stereocenters. The van der Waals surface area contributed by atoms with Gasteiger partial charge in [-0.05, 0) is 0 Å². The number of halogens is 2. The highest BCUT2D eigenvalue weighted by molar-refractivity contribution is 7.89. The Morgan fingerprint density at radius 2 is 1.13 bits per heavy atom. The van der Waals surface area contributed by atoms with Gasteiger partial charge in [0.25, 0.3) is 20.2 Å². The quantitative estimate of drug-likeness (QED) is 0.802. The summed E-state index contributed by atoms with van der Waals surface area (Å²) < 4.78 is 59.4. The summed E-state index contributed by atoms with van der Waals surface area (Å²) in [5.41, 5.74) is 0. The van der Waals surface area contributed by atoms with Crippen LogP contribution in [0.5, 0.6) is 0 Å². The van der Waals surface area contributed by atoms with Gasteiger partial charge in [0.05, 0.1) is 0 Å². The van der Waals surface area contributed by atoms with Crippen molar-refractivity contribution in [1.29, 1.82) is 0 Å². The minimum atomic E-state index is -4.87. The summed E-state index contributed by atoms with van der Waals surface area (Å²) in [5.74, 6) is 0. The minimum absolute atomic E-state index is 0.402. The molecule has 0 amide bonds. The molecule has 0 fully saturated rings. The van der Waals surface area contributed by atoms with Gasteiger partial charge in [0.15, 0.2) is 0 Å². The molecule has 0 aliphatic rings. The first kappa shape index (κ1) is 13.2. The molecule has 1 rings (SSSR count). The second kappa shape index (κ2) is 3.84. The number of rotatable bonds is 2. The molecule has 0 saturated heterocycles. The number of hydrogen-bond acceptors (Lipinski definition) is 5. The zero-order valence-electron chi connectivity index (χ0n) is 6.51. The van der Waals surface area contributed by atoms with E-state index >= 15 is 0 Å². The van der Waals surface area contributed by atoms with Gasteiger partial charge >= 0.3 is 0 Å². The molecule has 86 valence electrons. The van der Waals surface area contributed by atoms with Gasteiger partial charge in [-0.2, -0.15) is 16.8 Å². The van der Waals surface area contributed by atoms with Crippen LogP contribution >= 0.6 is 34.5 Å². The van der Waals surface area contributed by atoms with Crippen LogP contribution in [0.4, 0.5) is 0 Å². The summed E-state index contributed by atoms with van der Waals surface area (Å²) >= 11 is 11.1. The number of hydrogen-bond donors (Lipinski definition) is 2. The largest absolute Gasteiger partial charge is 0.298 e. The molecule has 0 radical (unpaired) electrons. The molecule has 0 spiro atoms. The zero-order chi connectivity index (χ0) is 12.0. The highest BCUT2D eigenvalue weighted by Crippen LogP contribution is 2.41. The highest BCUT2D eigenvalue weighted by atomic mass is 35.5. The van der Waals surface area contributed by atoms with E-state index in [1.54, 1.807) is 0 Å². The fraction of sp³-hybridized carbons (Fsp3) is 0. The fourth-order valence-corrected chi connectivity index (χ4v) is 5.52. The van der Waals surface area contributed by atoms with E-state index in [4.69, 9.17) is 32.3 Å². The monoisotopic (exact) mass is 312 g/mol. The predicted molar refractivity (Wildman–Crippen MR) is 54.0 cm³/mol. The lowest BCUT2D eigenvalue weighted by atomic mass is 10.6. The summed E-state index contributed by atoms with van der Waals surface area (Å²) in [7, 11) is -9.74. The fourth-order valence-electron chi connectivity index (χ4n) is 0.787. The Morgan fingerprint density at radius 1 is 0.867 bits per heavy atom. The zero-order valence-corrected chi connectivity index (χ0v) is 10.5. The van der Waals surface area contributed by atoms with E-state index in [0.717, 1.165) is 0 Å². The van der Waals surface area contributed by atoms with Gasteiger partial charge in [0, 0.05) is 0 Å². The molecule has 1 aromatic heterocycles. The normalized spacial score (nSPS) is 13.1. The number of thiophene rings is 1. The Bertz CT molecular complexity index is 544. The molecule has 15 heavy (non-hydrogen) atoms. The van der Waals surface area contributed by atoms with Gasteiger partial charge in [0.2, 0.25) is 0 Å². The summed E-state index contributed by atoms with van der Waals surface area (Å²) in [4.78, 5) is -2.22. The summed E-state index contributed by atoms with van der Waals surface area (Å²) in [6.07, 6.45) is 0. The van der Waals surface area contributed by atoms with Gasteiger partial charge in [-0.25, -0.2) is 0 Å². The molecular weight excluding hydrogens is 311 g/mol. The summed E-state index contributed by atoms with van der Waals surface area (Å²) in [6.45, 7) is 0. The molecule has 1 heterocycles. The Hall–Kier alpha value is 0.1000. The van der Waals surface area contributed by atoms with Crippen LogP contribution in [0.3, 0.4) is 0 Å². The van der Waals surface area contributed by atoms with E-state index in [1.807, 2.05) is 0 Å². The van der Waals surface area contributed by atoms with Crippen molar-refractivity contribution in [3.05, 3.63) is 8.67 Å². The van der Waals surface area contributed by atoms with Crippen LogP contribution in [0.15, 0.2) is 9.79 Å². The van der Waals surface area contributed by atoms with Gasteiger partial charge in [0.1, 0.15) is 18.5 Å².